The Hall–Kier alpha value is -2.28. The van der Waals surface area contributed by atoms with Gasteiger partial charge in [-0.1, -0.05) is 0 Å². The van der Waals surface area contributed by atoms with Crippen LogP contribution in [0.5, 0.6) is 5.75 Å². The van der Waals surface area contributed by atoms with Crippen molar-refractivity contribution in [2.75, 3.05) is 19.5 Å². The fraction of sp³-hybridized carbons (Fsp3) is 0.273. The van der Waals surface area contributed by atoms with Crippen molar-refractivity contribution in [3.8, 4) is 5.75 Å². The van der Waals surface area contributed by atoms with Crippen LogP contribution in [0.2, 0.25) is 0 Å². The quantitative estimate of drug-likeness (QED) is 0.612. The highest BCUT2D eigenvalue weighted by molar-refractivity contribution is 5.92. The first-order valence-corrected chi connectivity index (χ1v) is 5.28. The molecule has 0 saturated carbocycles. The van der Waals surface area contributed by atoms with Crippen LogP contribution < -0.4 is 15.5 Å². The number of ether oxygens (including phenoxy) is 2. The Morgan fingerprint density at radius 3 is 2.94 bits per heavy atom. The van der Waals surface area contributed by atoms with Crippen LogP contribution in [-0.2, 0) is 11.3 Å². The van der Waals surface area contributed by atoms with Gasteiger partial charge < -0.3 is 14.8 Å². The van der Waals surface area contributed by atoms with E-state index in [-0.39, 0.29) is 6.03 Å². The zero-order valence-corrected chi connectivity index (χ0v) is 10.0. The van der Waals surface area contributed by atoms with E-state index in [4.69, 9.17) is 4.74 Å². The van der Waals surface area contributed by atoms with Gasteiger partial charge in [-0.3, -0.25) is 5.01 Å². The molecule has 0 bridgehead atoms. The fourth-order valence-corrected chi connectivity index (χ4v) is 1.63. The lowest BCUT2D eigenvalue weighted by molar-refractivity contribution is 0.121. The first-order chi connectivity index (χ1) is 8.63. The second kappa shape index (κ2) is 4.92. The minimum absolute atomic E-state index is 0.230. The van der Waals surface area contributed by atoms with Crippen LogP contribution >= 0.6 is 0 Å². The van der Waals surface area contributed by atoms with Crippen LogP contribution in [0.25, 0.3) is 0 Å². The highest BCUT2D eigenvalue weighted by atomic mass is 16.7. The number of benzene rings is 1. The molecule has 1 aliphatic heterocycles. The summed E-state index contributed by atoms with van der Waals surface area (Å²) in [5, 5.41) is 4.12. The molecule has 0 radical (unpaired) electrons. The van der Waals surface area contributed by atoms with Gasteiger partial charge in [0.1, 0.15) is 5.75 Å². The molecule has 1 heterocycles. The third-order valence-electron chi connectivity index (χ3n) is 2.53. The van der Waals surface area contributed by atoms with E-state index in [0.717, 1.165) is 5.56 Å². The predicted octanol–water partition coefficient (Wildman–Crippen LogP) is 1.31. The van der Waals surface area contributed by atoms with Crippen LogP contribution in [0.3, 0.4) is 0 Å². The minimum Gasteiger partial charge on any atom is -0.437 e. The summed E-state index contributed by atoms with van der Waals surface area (Å²) in [5.74, 6) is 0.368. The number of nitrogens with zero attached hydrogens (tertiary/aromatic N) is 1. The summed E-state index contributed by atoms with van der Waals surface area (Å²) in [5.41, 5.74) is 4.29. The summed E-state index contributed by atoms with van der Waals surface area (Å²) in [7, 11) is 2.89. The van der Waals surface area contributed by atoms with Crippen LogP contribution in [-0.4, -0.2) is 31.4 Å². The normalized spacial score (nSPS) is 13.7. The molecular formula is C11H13N3O4. The molecule has 7 nitrogen and oxygen atoms in total. The molecule has 2 rings (SSSR count). The van der Waals surface area contributed by atoms with Gasteiger partial charge in [-0.15, -0.1) is 0 Å². The summed E-state index contributed by atoms with van der Waals surface area (Å²) >= 11 is 0. The van der Waals surface area contributed by atoms with Crippen molar-refractivity contribution in [2.24, 2.45) is 0 Å². The van der Waals surface area contributed by atoms with E-state index >= 15 is 0 Å². The molecule has 0 aliphatic carbocycles. The number of hydrazine groups is 1. The van der Waals surface area contributed by atoms with E-state index < -0.39 is 6.16 Å². The van der Waals surface area contributed by atoms with Crippen molar-refractivity contribution in [3.63, 3.8) is 0 Å². The summed E-state index contributed by atoms with van der Waals surface area (Å²) in [6.45, 7) is 0.385. The topological polar surface area (TPSA) is 79.9 Å². The molecule has 0 aromatic heterocycles. The largest absolute Gasteiger partial charge is 0.513 e. The number of anilines is 1. The SMILES string of the molecule is CNN1Cc2cc(OC(=O)OC)ccc2NC1=O. The summed E-state index contributed by atoms with van der Waals surface area (Å²) in [6.07, 6.45) is -0.778. The van der Waals surface area contributed by atoms with Gasteiger partial charge in [-0.25, -0.2) is 15.0 Å². The molecule has 0 fully saturated rings. The van der Waals surface area contributed by atoms with Crippen LogP contribution in [0.15, 0.2) is 18.2 Å². The number of methoxy groups -OCH3 is 1. The zero-order chi connectivity index (χ0) is 13.1. The smallest absolute Gasteiger partial charge is 0.437 e. The average Bonchev–Trinajstić information content (AvgIpc) is 2.38. The van der Waals surface area contributed by atoms with Gasteiger partial charge in [0.15, 0.2) is 0 Å². The number of nitrogens with one attached hydrogen (secondary N) is 2. The number of carbonyl (C=O) groups excluding carboxylic acids is 2. The maximum Gasteiger partial charge on any atom is 0.513 e. The highest BCUT2D eigenvalue weighted by Gasteiger charge is 2.22. The van der Waals surface area contributed by atoms with Gasteiger partial charge >= 0.3 is 12.2 Å². The average molecular weight is 251 g/mol. The van der Waals surface area contributed by atoms with Crippen molar-refractivity contribution in [1.82, 2.24) is 10.4 Å². The molecule has 0 atom stereocenters. The van der Waals surface area contributed by atoms with Crippen LogP contribution in [0.4, 0.5) is 15.3 Å². The van der Waals surface area contributed by atoms with Gasteiger partial charge in [0, 0.05) is 18.3 Å². The van der Waals surface area contributed by atoms with E-state index in [1.165, 1.54) is 12.1 Å². The second-order valence-electron chi connectivity index (χ2n) is 3.62. The van der Waals surface area contributed by atoms with E-state index in [0.29, 0.717) is 18.0 Å². The Kier molecular flexibility index (Phi) is 3.33. The molecule has 7 heteroatoms. The number of rotatable bonds is 2. The zero-order valence-electron chi connectivity index (χ0n) is 10.0. The number of hydrogen-bond acceptors (Lipinski definition) is 5. The van der Waals surface area contributed by atoms with Crippen LogP contribution in [0.1, 0.15) is 5.56 Å². The third kappa shape index (κ3) is 2.35. The number of urea groups is 1. The van der Waals surface area contributed by atoms with E-state index in [1.807, 2.05) is 0 Å². The second-order valence-corrected chi connectivity index (χ2v) is 3.62. The summed E-state index contributed by atoms with van der Waals surface area (Å²) in [6, 6.07) is 4.71. The Labute approximate surface area is 104 Å². The molecular weight excluding hydrogens is 238 g/mol. The van der Waals surface area contributed by atoms with Crippen molar-refractivity contribution in [3.05, 3.63) is 23.8 Å². The van der Waals surface area contributed by atoms with Gasteiger partial charge in [0.2, 0.25) is 0 Å². The van der Waals surface area contributed by atoms with Gasteiger partial charge in [-0.2, -0.15) is 0 Å². The number of fused-ring (bicyclic) bond motifs is 1. The van der Waals surface area contributed by atoms with Crippen molar-refractivity contribution < 1.29 is 19.1 Å². The molecule has 2 N–H and O–H groups in total. The van der Waals surface area contributed by atoms with E-state index in [2.05, 4.69) is 15.5 Å². The molecule has 96 valence electrons. The molecule has 0 saturated heterocycles. The lowest BCUT2D eigenvalue weighted by Crippen LogP contribution is -2.45. The number of carbonyl (C=O) groups is 2. The molecule has 1 aliphatic rings. The lowest BCUT2D eigenvalue weighted by Gasteiger charge is -2.28. The van der Waals surface area contributed by atoms with E-state index in [1.54, 1.807) is 25.2 Å². The van der Waals surface area contributed by atoms with Crippen molar-refractivity contribution in [1.29, 1.82) is 0 Å². The number of hydrogen-bond donors (Lipinski definition) is 2. The van der Waals surface area contributed by atoms with Crippen molar-refractivity contribution >= 4 is 17.9 Å². The molecule has 1 aromatic carbocycles. The predicted molar refractivity (Wildman–Crippen MR) is 63.1 cm³/mol. The maximum absolute atomic E-state index is 11.5. The van der Waals surface area contributed by atoms with Crippen LogP contribution in [0, 0.1) is 0 Å². The van der Waals surface area contributed by atoms with E-state index in [9.17, 15) is 9.59 Å². The van der Waals surface area contributed by atoms with Gasteiger partial charge in [-0.05, 0) is 18.2 Å². The maximum atomic E-state index is 11.5. The Balaban J connectivity index is 2.21. The monoisotopic (exact) mass is 251 g/mol. The first kappa shape index (κ1) is 12.2. The molecule has 0 spiro atoms. The molecule has 1 aromatic rings. The fourth-order valence-electron chi connectivity index (χ4n) is 1.63. The Morgan fingerprint density at radius 1 is 1.50 bits per heavy atom. The van der Waals surface area contributed by atoms with Gasteiger partial charge in [0.05, 0.1) is 13.7 Å². The third-order valence-corrected chi connectivity index (χ3v) is 2.53. The minimum atomic E-state index is -0.778. The van der Waals surface area contributed by atoms with Crippen molar-refractivity contribution in [2.45, 2.75) is 6.54 Å². The number of amides is 2. The lowest BCUT2D eigenvalue weighted by atomic mass is 10.1. The highest BCUT2D eigenvalue weighted by Crippen LogP contribution is 2.26. The standard InChI is InChI=1S/C11H13N3O4/c1-12-14-6-7-5-8(18-11(16)17-2)3-4-9(7)13-10(14)15/h3-5,12H,6H2,1-2H3,(H,13,15). The first-order valence-electron chi connectivity index (χ1n) is 5.28. The molecule has 2 amide bonds. The summed E-state index contributed by atoms with van der Waals surface area (Å²) in [4.78, 5) is 22.5. The molecule has 0 unspecified atom stereocenters. The summed E-state index contributed by atoms with van der Waals surface area (Å²) < 4.78 is 9.32. The van der Waals surface area contributed by atoms with Gasteiger partial charge in [0.25, 0.3) is 0 Å². The Bertz CT molecular complexity index is 489. The Morgan fingerprint density at radius 2 is 2.28 bits per heavy atom. The molecule has 18 heavy (non-hydrogen) atoms.